The van der Waals surface area contributed by atoms with E-state index in [1.165, 1.54) is 173 Å². The lowest BCUT2D eigenvalue weighted by Crippen LogP contribution is -2.30. The Bertz CT molecular complexity index is 1170. The quantitative estimate of drug-likeness (QED) is 0.0262. The van der Waals surface area contributed by atoms with Crippen LogP contribution in [-0.4, -0.2) is 37.2 Å². The van der Waals surface area contributed by atoms with E-state index in [2.05, 4.69) is 69.4 Å². The zero-order valence-electron chi connectivity index (χ0n) is 44.7. The van der Waals surface area contributed by atoms with E-state index in [1.54, 1.807) is 0 Å². The second kappa shape index (κ2) is 56.0. The number of ether oxygens (including phenoxy) is 3. The minimum atomic E-state index is -0.780. The predicted molar refractivity (Wildman–Crippen MR) is 289 cm³/mol. The van der Waals surface area contributed by atoms with Crippen molar-refractivity contribution in [3.05, 3.63) is 48.6 Å². The topological polar surface area (TPSA) is 78.9 Å². The highest BCUT2D eigenvalue weighted by atomic mass is 16.6. The van der Waals surface area contributed by atoms with Crippen molar-refractivity contribution in [3.63, 3.8) is 0 Å². The predicted octanol–water partition coefficient (Wildman–Crippen LogP) is 19.4. The van der Waals surface area contributed by atoms with Crippen LogP contribution in [0.2, 0.25) is 0 Å². The highest BCUT2D eigenvalue weighted by Crippen LogP contribution is 2.16. The third-order valence-corrected chi connectivity index (χ3v) is 12.8. The van der Waals surface area contributed by atoms with E-state index in [-0.39, 0.29) is 31.1 Å². The zero-order chi connectivity index (χ0) is 48.6. The molecule has 67 heavy (non-hydrogen) atoms. The normalized spacial score (nSPS) is 12.3. The molecule has 0 amide bonds. The van der Waals surface area contributed by atoms with Gasteiger partial charge in [0.15, 0.2) is 6.10 Å². The van der Waals surface area contributed by atoms with Crippen LogP contribution in [-0.2, 0) is 28.6 Å². The number of carbonyl (C=O) groups is 3. The Morgan fingerprint density at radius 2 is 0.552 bits per heavy atom. The summed E-state index contributed by atoms with van der Waals surface area (Å²) in [5.41, 5.74) is 0. The van der Waals surface area contributed by atoms with Crippen LogP contribution in [0.5, 0.6) is 0 Å². The highest BCUT2D eigenvalue weighted by molar-refractivity contribution is 5.71. The molecule has 0 aromatic carbocycles. The first-order valence-electron chi connectivity index (χ1n) is 29.1. The standard InChI is InChI=1S/C61H110O6/c1-4-7-10-13-16-19-22-25-28-30-32-33-36-39-42-45-48-51-54-60(63)66-57-58(56-65-59(62)53-50-47-44-41-38-35-27-24-21-18-15-12-9-6-3)67-61(64)55-52-49-46-43-40-37-34-31-29-26-23-20-17-14-11-8-5-2/h15,18-19,22,24,27-28,30,58H,4-14,16-17,20-21,23,25-26,29,31-57H2,1-3H3/b18-15-,22-19-,27-24-,30-28-. The van der Waals surface area contributed by atoms with E-state index < -0.39 is 6.10 Å². The largest absolute Gasteiger partial charge is 0.462 e. The van der Waals surface area contributed by atoms with Crippen LogP contribution in [0.3, 0.4) is 0 Å². The molecule has 0 radical (unpaired) electrons. The summed E-state index contributed by atoms with van der Waals surface area (Å²) in [5, 5.41) is 0. The van der Waals surface area contributed by atoms with Crippen LogP contribution in [0.15, 0.2) is 48.6 Å². The number of carbonyl (C=O) groups excluding carboxylic acids is 3. The summed E-state index contributed by atoms with van der Waals surface area (Å²) in [5.74, 6) is -0.885. The summed E-state index contributed by atoms with van der Waals surface area (Å²) in [4.78, 5) is 38.2. The van der Waals surface area contributed by atoms with Crippen molar-refractivity contribution in [1.29, 1.82) is 0 Å². The molecule has 0 aromatic rings. The lowest BCUT2D eigenvalue weighted by atomic mass is 10.0. The highest BCUT2D eigenvalue weighted by Gasteiger charge is 2.19. The fourth-order valence-corrected chi connectivity index (χ4v) is 8.37. The summed E-state index contributed by atoms with van der Waals surface area (Å²) in [6.45, 7) is 6.60. The molecule has 0 N–H and O–H groups in total. The Balaban J connectivity index is 4.37. The molecule has 0 heterocycles. The van der Waals surface area contributed by atoms with Crippen LogP contribution in [0, 0.1) is 0 Å². The number of allylic oxidation sites excluding steroid dienone is 8. The Hall–Kier alpha value is -2.63. The zero-order valence-corrected chi connectivity index (χ0v) is 44.7. The molecule has 0 rings (SSSR count). The maximum atomic E-state index is 12.9. The SMILES string of the molecule is CCCC/C=C\C/C=C\CCCCCCCC(=O)OCC(COC(=O)CCCCCCCCC/C=C\C/C=C\CCCCCC)OC(=O)CCCCCCCCCCCCCCCCCCC. The summed E-state index contributed by atoms with van der Waals surface area (Å²) in [7, 11) is 0. The molecule has 0 saturated heterocycles. The molecule has 0 saturated carbocycles. The first kappa shape index (κ1) is 64.4. The molecular formula is C61H110O6. The summed E-state index contributed by atoms with van der Waals surface area (Å²) in [6.07, 6.45) is 68.1. The molecular weight excluding hydrogens is 829 g/mol. The maximum Gasteiger partial charge on any atom is 0.306 e. The Kier molecular flexibility index (Phi) is 53.8. The molecule has 6 heteroatoms. The second-order valence-corrected chi connectivity index (χ2v) is 19.6. The van der Waals surface area contributed by atoms with Crippen molar-refractivity contribution in [2.75, 3.05) is 13.2 Å². The van der Waals surface area contributed by atoms with Crippen LogP contribution in [0.4, 0.5) is 0 Å². The Labute approximate surface area is 416 Å². The van der Waals surface area contributed by atoms with Gasteiger partial charge in [-0.15, -0.1) is 0 Å². The third kappa shape index (κ3) is 54.2. The molecule has 6 nitrogen and oxygen atoms in total. The Morgan fingerprint density at radius 3 is 0.881 bits per heavy atom. The third-order valence-electron chi connectivity index (χ3n) is 12.8. The summed E-state index contributed by atoms with van der Waals surface area (Å²) >= 11 is 0. The van der Waals surface area contributed by atoms with Crippen LogP contribution in [0.25, 0.3) is 0 Å². The van der Waals surface area contributed by atoms with Crippen molar-refractivity contribution in [3.8, 4) is 0 Å². The lowest BCUT2D eigenvalue weighted by Gasteiger charge is -2.18. The molecule has 0 spiro atoms. The van der Waals surface area contributed by atoms with Crippen molar-refractivity contribution in [1.82, 2.24) is 0 Å². The fraction of sp³-hybridized carbons (Fsp3) is 0.820. The van der Waals surface area contributed by atoms with Gasteiger partial charge in [0.25, 0.3) is 0 Å². The van der Waals surface area contributed by atoms with E-state index in [1.807, 2.05) is 0 Å². The smallest absolute Gasteiger partial charge is 0.306 e. The molecule has 0 aromatic heterocycles. The minimum absolute atomic E-state index is 0.0791. The number of unbranched alkanes of at least 4 members (excludes halogenated alkanes) is 34. The number of hydrogen-bond acceptors (Lipinski definition) is 6. The summed E-state index contributed by atoms with van der Waals surface area (Å²) < 4.78 is 16.9. The van der Waals surface area contributed by atoms with Gasteiger partial charge in [0.05, 0.1) is 0 Å². The first-order chi connectivity index (χ1) is 33.0. The average molecular weight is 940 g/mol. The van der Waals surface area contributed by atoms with Crippen LogP contribution >= 0.6 is 0 Å². The molecule has 0 bridgehead atoms. The molecule has 0 aliphatic heterocycles. The van der Waals surface area contributed by atoms with Gasteiger partial charge in [-0.1, -0.05) is 256 Å². The number of rotatable bonds is 53. The van der Waals surface area contributed by atoms with Gasteiger partial charge < -0.3 is 14.2 Å². The van der Waals surface area contributed by atoms with E-state index in [4.69, 9.17) is 14.2 Å². The first-order valence-corrected chi connectivity index (χ1v) is 29.1. The monoisotopic (exact) mass is 939 g/mol. The lowest BCUT2D eigenvalue weighted by molar-refractivity contribution is -0.167. The fourth-order valence-electron chi connectivity index (χ4n) is 8.37. The van der Waals surface area contributed by atoms with E-state index in [9.17, 15) is 14.4 Å². The Morgan fingerprint density at radius 1 is 0.299 bits per heavy atom. The number of hydrogen-bond donors (Lipinski definition) is 0. The van der Waals surface area contributed by atoms with Gasteiger partial charge >= 0.3 is 17.9 Å². The average Bonchev–Trinajstić information content (AvgIpc) is 3.33. The van der Waals surface area contributed by atoms with Crippen molar-refractivity contribution < 1.29 is 28.6 Å². The van der Waals surface area contributed by atoms with Crippen molar-refractivity contribution >= 4 is 17.9 Å². The molecule has 0 fully saturated rings. The second-order valence-electron chi connectivity index (χ2n) is 19.6. The van der Waals surface area contributed by atoms with E-state index >= 15 is 0 Å². The van der Waals surface area contributed by atoms with Gasteiger partial charge in [-0.3, -0.25) is 14.4 Å². The minimum Gasteiger partial charge on any atom is -0.462 e. The van der Waals surface area contributed by atoms with Gasteiger partial charge in [-0.25, -0.2) is 0 Å². The molecule has 1 atom stereocenters. The van der Waals surface area contributed by atoms with Crippen LogP contribution in [0.1, 0.15) is 303 Å². The van der Waals surface area contributed by atoms with Gasteiger partial charge in [0.1, 0.15) is 13.2 Å². The summed E-state index contributed by atoms with van der Waals surface area (Å²) in [6, 6.07) is 0. The van der Waals surface area contributed by atoms with E-state index in [0.29, 0.717) is 19.3 Å². The van der Waals surface area contributed by atoms with E-state index in [0.717, 1.165) is 89.9 Å². The van der Waals surface area contributed by atoms with Crippen molar-refractivity contribution in [2.24, 2.45) is 0 Å². The van der Waals surface area contributed by atoms with Gasteiger partial charge in [0, 0.05) is 19.3 Å². The van der Waals surface area contributed by atoms with Crippen LogP contribution < -0.4 is 0 Å². The maximum absolute atomic E-state index is 12.9. The number of esters is 3. The van der Waals surface area contributed by atoms with Gasteiger partial charge in [-0.05, 0) is 77.0 Å². The molecule has 1 unspecified atom stereocenters. The molecule has 390 valence electrons. The molecule has 0 aliphatic rings. The molecule has 0 aliphatic carbocycles. The van der Waals surface area contributed by atoms with Gasteiger partial charge in [0.2, 0.25) is 0 Å². The van der Waals surface area contributed by atoms with Gasteiger partial charge in [-0.2, -0.15) is 0 Å². The van der Waals surface area contributed by atoms with Crippen molar-refractivity contribution in [2.45, 2.75) is 309 Å².